The molecule has 116 valence electrons. The van der Waals surface area contributed by atoms with Crippen molar-refractivity contribution in [3.05, 3.63) is 70.8 Å². The number of aryl methyl sites for hydroxylation is 1. The van der Waals surface area contributed by atoms with Crippen molar-refractivity contribution in [1.82, 2.24) is 0 Å². The Kier molecular flexibility index (Phi) is 4.54. The zero-order valence-electron chi connectivity index (χ0n) is 11.9. The average molecular weight is 308 g/mol. The summed E-state index contributed by atoms with van der Waals surface area (Å²) in [5.74, 6) is -1.93. The number of carboxylic acids is 1. The van der Waals surface area contributed by atoms with Crippen molar-refractivity contribution in [1.29, 1.82) is 0 Å². The number of rotatable bonds is 4. The predicted molar refractivity (Wildman–Crippen MR) is 76.7 cm³/mol. The monoisotopic (exact) mass is 308 g/mol. The summed E-state index contributed by atoms with van der Waals surface area (Å²) in [4.78, 5) is 11.4. The first-order chi connectivity index (χ1) is 10.3. The maximum atomic E-state index is 12.7. The van der Waals surface area contributed by atoms with Gasteiger partial charge in [-0.3, -0.25) is 4.79 Å². The Labute approximate surface area is 126 Å². The Balaban J connectivity index is 2.29. The van der Waals surface area contributed by atoms with E-state index in [1.54, 1.807) is 24.3 Å². The predicted octanol–water partition coefficient (Wildman–Crippen LogP) is 4.42. The zero-order valence-corrected chi connectivity index (χ0v) is 11.9. The first-order valence-electron chi connectivity index (χ1n) is 6.73. The summed E-state index contributed by atoms with van der Waals surface area (Å²) < 4.78 is 38.1. The van der Waals surface area contributed by atoms with Crippen LogP contribution in [0.25, 0.3) is 0 Å². The molecule has 0 aromatic heterocycles. The summed E-state index contributed by atoms with van der Waals surface area (Å²) in [5.41, 5.74) is 1.16. The third-order valence-corrected chi connectivity index (χ3v) is 3.47. The molecular formula is C17H15F3O2. The van der Waals surface area contributed by atoms with E-state index in [1.807, 2.05) is 6.92 Å². The second-order valence-corrected chi connectivity index (χ2v) is 5.20. The number of hydrogen-bond acceptors (Lipinski definition) is 1. The molecule has 1 N–H and O–H groups in total. The lowest BCUT2D eigenvalue weighted by molar-refractivity contribution is -0.138. The number of alkyl halides is 3. The van der Waals surface area contributed by atoms with Gasteiger partial charge in [0.1, 0.15) is 0 Å². The number of aliphatic carboxylic acids is 1. The first kappa shape index (κ1) is 16.1. The molecule has 2 rings (SSSR count). The van der Waals surface area contributed by atoms with Crippen LogP contribution in [-0.4, -0.2) is 11.1 Å². The molecule has 5 heteroatoms. The summed E-state index contributed by atoms with van der Waals surface area (Å²) >= 11 is 0. The topological polar surface area (TPSA) is 37.3 Å². The third kappa shape index (κ3) is 3.87. The minimum Gasteiger partial charge on any atom is -0.481 e. The largest absolute Gasteiger partial charge is 0.481 e. The molecule has 0 saturated carbocycles. The number of carboxylic acid groups (broad SMARTS) is 1. The molecule has 1 unspecified atom stereocenters. The van der Waals surface area contributed by atoms with Crippen LogP contribution in [0.3, 0.4) is 0 Å². The van der Waals surface area contributed by atoms with Gasteiger partial charge in [0.25, 0.3) is 0 Å². The van der Waals surface area contributed by atoms with E-state index in [4.69, 9.17) is 0 Å². The highest BCUT2D eigenvalue weighted by Crippen LogP contribution is 2.31. The smallest absolute Gasteiger partial charge is 0.416 e. The highest BCUT2D eigenvalue weighted by molar-refractivity contribution is 5.76. The Morgan fingerprint density at radius 1 is 1.14 bits per heavy atom. The summed E-state index contributed by atoms with van der Waals surface area (Å²) in [6.07, 6.45) is -4.42. The molecule has 2 nitrogen and oxygen atoms in total. The number of halogens is 3. The molecule has 0 heterocycles. The van der Waals surface area contributed by atoms with Crippen molar-refractivity contribution in [2.24, 2.45) is 0 Å². The molecule has 0 fully saturated rings. The average Bonchev–Trinajstić information content (AvgIpc) is 2.45. The van der Waals surface area contributed by atoms with E-state index < -0.39 is 23.6 Å². The van der Waals surface area contributed by atoms with Gasteiger partial charge in [0, 0.05) is 0 Å². The molecule has 0 saturated heterocycles. The van der Waals surface area contributed by atoms with Crippen LogP contribution in [0.2, 0.25) is 0 Å². The number of hydrogen-bond donors (Lipinski definition) is 1. The fraction of sp³-hybridized carbons (Fsp3) is 0.235. The molecule has 0 bridgehead atoms. The van der Waals surface area contributed by atoms with Gasteiger partial charge in [-0.05, 0) is 30.5 Å². The van der Waals surface area contributed by atoms with Crippen LogP contribution in [0, 0.1) is 6.92 Å². The molecule has 0 aliphatic heterocycles. The van der Waals surface area contributed by atoms with Crippen molar-refractivity contribution < 1.29 is 23.1 Å². The van der Waals surface area contributed by atoms with Gasteiger partial charge in [-0.15, -0.1) is 0 Å². The molecule has 1 atom stereocenters. The number of benzene rings is 2. The molecular weight excluding hydrogens is 293 g/mol. The normalized spacial score (nSPS) is 12.9. The standard InChI is InChI=1S/C17H15F3O2/c1-11-5-7-13(8-6-11)15(16(21)22)10-12-3-2-4-14(9-12)17(18,19)20/h2-9,15H,10H2,1H3,(H,21,22). The van der Waals surface area contributed by atoms with Gasteiger partial charge < -0.3 is 5.11 Å². The van der Waals surface area contributed by atoms with Crippen molar-refractivity contribution in [2.45, 2.75) is 25.4 Å². The summed E-state index contributed by atoms with van der Waals surface area (Å²) in [5, 5.41) is 9.36. The van der Waals surface area contributed by atoms with E-state index in [0.29, 0.717) is 11.1 Å². The lowest BCUT2D eigenvalue weighted by Gasteiger charge is -2.14. The van der Waals surface area contributed by atoms with Crippen molar-refractivity contribution >= 4 is 5.97 Å². The second-order valence-electron chi connectivity index (χ2n) is 5.20. The van der Waals surface area contributed by atoms with E-state index in [0.717, 1.165) is 17.7 Å². The van der Waals surface area contributed by atoms with Gasteiger partial charge in [0.05, 0.1) is 11.5 Å². The van der Waals surface area contributed by atoms with Gasteiger partial charge in [0.15, 0.2) is 0 Å². The minimum atomic E-state index is -4.43. The molecule has 0 aliphatic rings. The maximum Gasteiger partial charge on any atom is 0.416 e. The SMILES string of the molecule is Cc1ccc(C(Cc2cccc(C(F)(F)F)c2)C(=O)O)cc1. The van der Waals surface area contributed by atoms with Crippen LogP contribution in [0.5, 0.6) is 0 Å². The Morgan fingerprint density at radius 2 is 1.77 bits per heavy atom. The van der Waals surface area contributed by atoms with Crippen molar-refractivity contribution in [2.75, 3.05) is 0 Å². The maximum absolute atomic E-state index is 12.7. The van der Waals surface area contributed by atoms with E-state index in [2.05, 4.69) is 0 Å². The molecule has 2 aromatic carbocycles. The molecule has 0 spiro atoms. The summed E-state index contributed by atoms with van der Waals surface area (Å²) in [6, 6.07) is 11.8. The fourth-order valence-electron chi connectivity index (χ4n) is 2.26. The van der Waals surface area contributed by atoms with E-state index in [-0.39, 0.29) is 6.42 Å². The van der Waals surface area contributed by atoms with Crippen LogP contribution in [0.15, 0.2) is 48.5 Å². The van der Waals surface area contributed by atoms with Crippen LogP contribution >= 0.6 is 0 Å². The molecule has 0 amide bonds. The lowest BCUT2D eigenvalue weighted by atomic mass is 9.91. The van der Waals surface area contributed by atoms with Crippen LogP contribution in [-0.2, 0) is 17.4 Å². The van der Waals surface area contributed by atoms with Crippen LogP contribution < -0.4 is 0 Å². The van der Waals surface area contributed by atoms with Crippen molar-refractivity contribution in [3.8, 4) is 0 Å². The van der Waals surface area contributed by atoms with Gasteiger partial charge >= 0.3 is 12.1 Å². The van der Waals surface area contributed by atoms with Gasteiger partial charge in [-0.2, -0.15) is 13.2 Å². The third-order valence-electron chi connectivity index (χ3n) is 3.47. The van der Waals surface area contributed by atoms with Gasteiger partial charge in [-0.25, -0.2) is 0 Å². The Morgan fingerprint density at radius 3 is 2.32 bits per heavy atom. The molecule has 0 radical (unpaired) electrons. The zero-order chi connectivity index (χ0) is 16.3. The summed E-state index contributed by atoms with van der Waals surface area (Å²) in [7, 11) is 0. The van der Waals surface area contributed by atoms with Crippen molar-refractivity contribution in [3.63, 3.8) is 0 Å². The molecule has 0 aliphatic carbocycles. The second kappa shape index (κ2) is 6.22. The summed E-state index contributed by atoms with van der Waals surface area (Å²) in [6.45, 7) is 1.88. The number of carbonyl (C=O) groups is 1. The van der Waals surface area contributed by atoms with E-state index in [9.17, 15) is 23.1 Å². The minimum absolute atomic E-state index is 0.0162. The van der Waals surface area contributed by atoms with E-state index >= 15 is 0 Å². The first-order valence-corrected chi connectivity index (χ1v) is 6.73. The fourth-order valence-corrected chi connectivity index (χ4v) is 2.26. The molecule has 22 heavy (non-hydrogen) atoms. The van der Waals surface area contributed by atoms with Crippen LogP contribution in [0.4, 0.5) is 13.2 Å². The lowest BCUT2D eigenvalue weighted by Crippen LogP contribution is -2.15. The highest BCUT2D eigenvalue weighted by atomic mass is 19.4. The highest BCUT2D eigenvalue weighted by Gasteiger charge is 2.31. The molecule has 2 aromatic rings. The Bertz CT molecular complexity index is 660. The van der Waals surface area contributed by atoms with Gasteiger partial charge in [-0.1, -0.05) is 48.0 Å². The van der Waals surface area contributed by atoms with Crippen LogP contribution in [0.1, 0.15) is 28.2 Å². The van der Waals surface area contributed by atoms with Gasteiger partial charge in [0.2, 0.25) is 0 Å². The van der Waals surface area contributed by atoms with E-state index in [1.165, 1.54) is 12.1 Å². The Hall–Kier alpha value is -2.30. The quantitative estimate of drug-likeness (QED) is 0.907.